The molecule has 6 nitrogen and oxygen atoms in total. The molecule has 2 aromatic heterocycles. The number of fused-ring (bicyclic) bond motifs is 3. The molecule has 26 heavy (non-hydrogen) atoms. The molecule has 0 aliphatic rings. The van der Waals surface area contributed by atoms with Crippen LogP contribution in [-0.4, -0.2) is 15.9 Å². The van der Waals surface area contributed by atoms with E-state index in [1.165, 1.54) is 6.92 Å². The first-order chi connectivity index (χ1) is 12.4. The molecule has 0 aliphatic carbocycles. The lowest BCUT2D eigenvalue weighted by molar-refractivity contribution is -0.114. The summed E-state index contributed by atoms with van der Waals surface area (Å²) in [5, 5.41) is 3.74. The highest BCUT2D eigenvalue weighted by Crippen LogP contribution is 2.31. The molecule has 0 radical (unpaired) electrons. The monoisotopic (exact) mass is 431 g/mol. The van der Waals surface area contributed by atoms with Crippen molar-refractivity contribution in [1.29, 1.82) is 0 Å². The van der Waals surface area contributed by atoms with E-state index >= 15 is 0 Å². The lowest BCUT2D eigenvalue weighted by Gasteiger charge is -2.07. The molecular weight excluding hydrogens is 422 g/mol. The van der Waals surface area contributed by atoms with Crippen molar-refractivity contribution < 1.29 is 9.21 Å². The van der Waals surface area contributed by atoms with Gasteiger partial charge in [0.05, 0.1) is 5.02 Å². The van der Waals surface area contributed by atoms with Crippen LogP contribution in [0.15, 0.2) is 50.1 Å². The molecule has 2 N–H and O–H groups in total. The number of aromatic amines is 1. The van der Waals surface area contributed by atoms with Gasteiger partial charge in [0.15, 0.2) is 0 Å². The number of rotatable bonds is 2. The standard InChI is InChI=1S/C18H11BrClN3O3/c1-8(24)21-10-3-4-11(13(20)7-10)17-22-15-12-6-9(19)2-5-14(12)26-16(15)18(25)23-17/h2-7H,1H3,(H,21,24)(H,22,23,25). The summed E-state index contributed by atoms with van der Waals surface area (Å²) in [6.45, 7) is 1.41. The first-order valence-electron chi connectivity index (χ1n) is 7.62. The van der Waals surface area contributed by atoms with Gasteiger partial charge < -0.3 is 14.7 Å². The van der Waals surface area contributed by atoms with Crippen molar-refractivity contribution in [3.8, 4) is 11.4 Å². The maximum absolute atomic E-state index is 12.5. The Balaban J connectivity index is 1.92. The van der Waals surface area contributed by atoms with Crippen LogP contribution in [0.1, 0.15) is 6.92 Å². The summed E-state index contributed by atoms with van der Waals surface area (Å²) in [5.74, 6) is 0.127. The minimum Gasteiger partial charge on any atom is -0.449 e. The number of anilines is 1. The second kappa shape index (κ2) is 6.26. The fourth-order valence-electron chi connectivity index (χ4n) is 2.74. The molecule has 2 aromatic carbocycles. The van der Waals surface area contributed by atoms with Gasteiger partial charge >= 0.3 is 0 Å². The number of benzene rings is 2. The van der Waals surface area contributed by atoms with Crippen molar-refractivity contribution in [3.63, 3.8) is 0 Å². The van der Waals surface area contributed by atoms with Gasteiger partial charge in [-0.25, -0.2) is 4.98 Å². The van der Waals surface area contributed by atoms with Crippen LogP contribution >= 0.6 is 27.5 Å². The van der Waals surface area contributed by atoms with Crippen LogP contribution in [0.4, 0.5) is 5.69 Å². The van der Waals surface area contributed by atoms with E-state index in [0.717, 1.165) is 9.86 Å². The van der Waals surface area contributed by atoms with Gasteiger partial charge in [0.2, 0.25) is 11.5 Å². The Morgan fingerprint density at radius 3 is 2.81 bits per heavy atom. The van der Waals surface area contributed by atoms with Gasteiger partial charge in [-0.05, 0) is 36.4 Å². The molecule has 0 aliphatic heterocycles. The van der Waals surface area contributed by atoms with Gasteiger partial charge in [-0.1, -0.05) is 27.5 Å². The number of hydrogen-bond acceptors (Lipinski definition) is 4. The lowest BCUT2D eigenvalue weighted by Crippen LogP contribution is -2.09. The zero-order valence-corrected chi connectivity index (χ0v) is 15.7. The third-order valence-electron chi connectivity index (χ3n) is 3.83. The molecule has 8 heteroatoms. The minimum absolute atomic E-state index is 0.160. The zero-order valence-electron chi connectivity index (χ0n) is 13.4. The van der Waals surface area contributed by atoms with Crippen LogP contribution in [0.2, 0.25) is 5.02 Å². The van der Waals surface area contributed by atoms with Gasteiger partial charge in [0.25, 0.3) is 5.56 Å². The Hall–Kier alpha value is -2.64. The third kappa shape index (κ3) is 2.89. The van der Waals surface area contributed by atoms with Gasteiger partial charge in [0, 0.05) is 28.0 Å². The highest BCUT2D eigenvalue weighted by Gasteiger charge is 2.16. The molecular formula is C18H11BrClN3O3. The molecule has 130 valence electrons. The highest BCUT2D eigenvalue weighted by atomic mass is 79.9. The summed E-state index contributed by atoms with van der Waals surface area (Å²) < 4.78 is 6.47. The molecule has 0 saturated heterocycles. The van der Waals surface area contributed by atoms with E-state index in [0.29, 0.717) is 33.2 Å². The largest absolute Gasteiger partial charge is 0.449 e. The Morgan fingerprint density at radius 1 is 1.27 bits per heavy atom. The van der Waals surface area contributed by atoms with Crippen LogP contribution in [0.25, 0.3) is 33.5 Å². The molecule has 0 unspecified atom stereocenters. The van der Waals surface area contributed by atoms with Crippen molar-refractivity contribution in [1.82, 2.24) is 9.97 Å². The lowest BCUT2D eigenvalue weighted by atomic mass is 10.1. The number of hydrogen-bond donors (Lipinski definition) is 2. The van der Waals surface area contributed by atoms with E-state index in [2.05, 4.69) is 31.2 Å². The maximum Gasteiger partial charge on any atom is 0.294 e. The second-order valence-corrected chi connectivity index (χ2v) is 7.03. The molecule has 0 spiro atoms. The normalized spacial score (nSPS) is 11.2. The van der Waals surface area contributed by atoms with E-state index in [1.54, 1.807) is 24.3 Å². The molecule has 4 aromatic rings. The fourth-order valence-corrected chi connectivity index (χ4v) is 3.37. The Bertz CT molecular complexity index is 1250. The number of furan rings is 1. The molecule has 0 bridgehead atoms. The van der Waals surface area contributed by atoms with Crippen LogP contribution in [0.3, 0.4) is 0 Å². The van der Waals surface area contributed by atoms with Gasteiger partial charge in [-0.3, -0.25) is 9.59 Å². The van der Waals surface area contributed by atoms with Crippen LogP contribution in [-0.2, 0) is 4.79 Å². The number of nitrogens with one attached hydrogen (secondary N) is 2. The summed E-state index contributed by atoms with van der Waals surface area (Å²) in [6.07, 6.45) is 0. The predicted octanol–water partition coefficient (Wildman–Crippen LogP) is 4.71. The number of carbonyl (C=O) groups is 1. The second-order valence-electron chi connectivity index (χ2n) is 5.71. The SMILES string of the molecule is CC(=O)Nc1ccc(-c2nc3c(oc4ccc(Br)cc43)c(=O)[nH]2)c(Cl)c1. The molecule has 0 atom stereocenters. The number of amides is 1. The van der Waals surface area contributed by atoms with E-state index < -0.39 is 0 Å². The minimum atomic E-state index is -0.390. The van der Waals surface area contributed by atoms with Crippen molar-refractivity contribution >= 4 is 61.2 Å². The van der Waals surface area contributed by atoms with Gasteiger partial charge in [-0.2, -0.15) is 0 Å². The molecule has 4 rings (SSSR count). The molecule has 2 heterocycles. The smallest absolute Gasteiger partial charge is 0.294 e. The van der Waals surface area contributed by atoms with Crippen LogP contribution in [0, 0.1) is 0 Å². The molecule has 0 fully saturated rings. The summed E-state index contributed by atoms with van der Waals surface area (Å²) in [6, 6.07) is 10.4. The Labute approximate surface area is 160 Å². The Kier molecular flexibility index (Phi) is 4.05. The number of carbonyl (C=O) groups excluding carboxylic acids is 1. The number of halogens is 2. The average molecular weight is 433 g/mol. The first-order valence-corrected chi connectivity index (χ1v) is 8.79. The quantitative estimate of drug-likeness (QED) is 0.480. The summed E-state index contributed by atoms with van der Waals surface area (Å²) in [7, 11) is 0. The van der Waals surface area contributed by atoms with Crippen molar-refractivity contribution in [2.45, 2.75) is 6.92 Å². The Morgan fingerprint density at radius 2 is 2.08 bits per heavy atom. The van der Waals surface area contributed by atoms with Crippen LogP contribution < -0.4 is 10.9 Å². The summed E-state index contributed by atoms with van der Waals surface area (Å²) in [4.78, 5) is 30.9. The van der Waals surface area contributed by atoms with Gasteiger partial charge in [-0.15, -0.1) is 0 Å². The van der Waals surface area contributed by atoms with Crippen molar-refractivity contribution in [2.75, 3.05) is 5.32 Å². The predicted molar refractivity (Wildman–Crippen MR) is 105 cm³/mol. The van der Waals surface area contributed by atoms with E-state index in [9.17, 15) is 9.59 Å². The maximum atomic E-state index is 12.5. The van der Waals surface area contributed by atoms with E-state index in [4.69, 9.17) is 16.0 Å². The van der Waals surface area contributed by atoms with Gasteiger partial charge in [0.1, 0.15) is 16.9 Å². The van der Waals surface area contributed by atoms with E-state index in [-0.39, 0.29) is 17.0 Å². The number of nitrogens with zero attached hydrogens (tertiary/aromatic N) is 1. The fraction of sp³-hybridized carbons (Fsp3) is 0.0556. The average Bonchev–Trinajstić information content (AvgIpc) is 2.93. The van der Waals surface area contributed by atoms with Crippen molar-refractivity contribution in [2.24, 2.45) is 0 Å². The zero-order chi connectivity index (χ0) is 18.4. The topological polar surface area (TPSA) is 88.0 Å². The van der Waals surface area contributed by atoms with E-state index in [1.807, 2.05) is 12.1 Å². The third-order valence-corrected chi connectivity index (χ3v) is 4.64. The first kappa shape index (κ1) is 16.8. The number of H-pyrrole nitrogens is 1. The molecule has 1 amide bonds. The molecule has 0 saturated carbocycles. The van der Waals surface area contributed by atoms with Crippen LogP contribution in [0.5, 0.6) is 0 Å². The van der Waals surface area contributed by atoms with Crippen molar-refractivity contribution in [3.05, 3.63) is 56.2 Å². The number of aromatic nitrogens is 2. The summed E-state index contributed by atoms with van der Waals surface area (Å²) >= 11 is 9.74. The summed E-state index contributed by atoms with van der Waals surface area (Å²) in [5.41, 5.74) is 1.91. The highest BCUT2D eigenvalue weighted by molar-refractivity contribution is 9.10.